The molecule has 4 nitrogen and oxygen atoms in total. The van der Waals surface area contributed by atoms with Gasteiger partial charge in [-0.25, -0.2) is 0 Å². The molecule has 0 aromatic heterocycles. The summed E-state index contributed by atoms with van der Waals surface area (Å²) in [5.74, 6) is 2.60. The Morgan fingerprint density at radius 2 is 0.975 bits per heavy atom. The number of aromatic hydroxyl groups is 2. The third-order valence-corrected chi connectivity index (χ3v) is 8.24. The van der Waals surface area contributed by atoms with E-state index >= 15 is 0 Å². The Balaban J connectivity index is 1.67. The van der Waals surface area contributed by atoms with E-state index in [1.807, 2.05) is 12.4 Å². The van der Waals surface area contributed by atoms with Crippen LogP contribution in [0.4, 0.5) is 0 Å². The molecule has 0 unspecified atom stereocenters. The van der Waals surface area contributed by atoms with Crippen LogP contribution in [0.1, 0.15) is 139 Å². The van der Waals surface area contributed by atoms with Crippen LogP contribution in [0.5, 0.6) is 11.5 Å². The number of aryl methyl sites for hydroxylation is 2. The summed E-state index contributed by atoms with van der Waals surface area (Å²) in [6.07, 6.45) is 12.1. The molecule has 3 rings (SSSR count). The van der Waals surface area contributed by atoms with Gasteiger partial charge in [-0.2, -0.15) is 0 Å². The lowest BCUT2D eigenvalue weighted by Gasteiger charge is -2.23. The van der Waals surface area contributed by atoms with Crippen molar-refractivity contribution in [3.63, 3.8) is 0 Å². The van der Waals surface area contributed by atoms with Crippen molar-refractivity contribution in [3.05, 3.63) is 57.6 Å². The molecule has 0 amide bonds. The van der Waals surface area contributed by atoms with Crippen LogP contribution in [0.15, 0.2) is 34.3 Å². The zero-order chi connectivity index (χ0) is 29.4. The second kappa shape index (κ2) is 14.8. The van der Waals surface area contributed by atoms with E-state index in [0.29, 0.717) is 23.3 Å². The molecule has 1 aliphatic rings. The average molecular weight is 547 g/mol. The van der Waals surface area contributed by atoms with Gasteiger partial charge in [0.1, 0.15) is 11.5 Å². The van der Waals surface area contributed by atoms with Crippen molar-refractivity contribution < 1.29 is 10.2 Å². The number of nitrogens with zero attached hydrogens (tertiary/aromatic N) is 2. The molecule has 0 bridgehead atoms. The van der Waals surface area contributed by atoms with Gasteiger partial charge in [0.05, 0.1) is 12.1 Å². The molecule has 1 saturated carbocycles. The van der Waals surface area contributed by atoms with Gasteiger partial charge in [-0.1, -0.05) is 67.5 Å². The minimum Gasteiger partial charge on any atom is -0.507 e. The fourth-order valence-corrected chi connectivity index (χ4v) is 5.49. The van der Waals surface area contributed by atoms with Crippen LogP contribution in [0.3, 0.4) is 0 Å². The normalized spacial score (nSPS) is 18.4. The van der Waals surface area contributed by atoms with E-state index in [9.17, 15) is 10.2 Å². The molecule has 2 aromatic carbocycles. The van der Waals surface area contributed by atoms with Crippen LogP contribution in [0.2, 0.25) is 0 Å². The molecular weight excluding hydrogens is 492 g/mol. The summed E-state index contributed by atoms with van der Waals surface area (Å²) in [7, 11) is 0. The molecule has 0 aliphatic heterocycles. The molecule has 40 heavy (non-hydrogen) atoms. The molecule has 2 N–H and O–H groups in total. The van der Waals surface area contributed by atoms with Gasteiger partial charge in [-0.05, 0) is 109 Å². The number of hydrogen-bond donors (Lipinski definition) is 2. The van der Waals surface area contributed by atoms with E-state index in [0.717, 1.165) is 73.6 Å². The molecule has 0 saturated heterocycles. The molecule has 0 radical (unpaired) electrons. The van der Waals surface area contributed by atoms with Crippen LogP contribution < -0.4 is 0 Å². The smallest absolute Gasteiger partial charge is 0.127 e. The zero-order valence-corrected chi connectivity index (χ0v) is 26.4. The third-order valence-electron chi connectivity index (χ3n) is 8.24. The van der Waals surface area contributed by atoms with Crippen LogP contribution >= 0.6 is 0 Å². The molecule has 1 fully saturated rings. The summed E-state index contributed by atoms with van der Waals surface area (Å²) in [6.45, 7) is 17.5. The lowest BCUT2D eigenvalue weighted by atomic mass is 9.91. The molecule has 0 spiro atoms. The molecule has 2 aromatic rings. The SMILES string of the molecule is CC(C)CCc1cc(C=NC2CCC(N=Cc3cc(CCC(C)C)cc(C(C)C)c3O)CC2)c(O)c(C(C)C)c1. The van der Waals surface area contributed by atoms with Gasteiger partial charge in [-0.3, -0.25) is 9.98 Å². The summed E-state index contributed by atoms with van der Waals surface area (Å²) in [5.41, 5.74) is 6.28. The number of benzene rings is 2. The lowest BCUT2D eigenvalue weighted by Crippen LogP contribution is -2.20. The quantitative estimate of drug-likeness (QED) is 0.260. The van der Waals surface area contributed by atoms with Crippen molar-refractivity contribution in [1.82, 2.24) is 0 Å². The van der Waals surface area contributed by atoms with Crippen LogP contribution in [0.25, 0.3) is 0 Å². The first kappa shape index (κ1) is 31.9. The number of phenolic OH excluding ortho intramolecular Hbond substituents is 2. The maximum Gasteiger partial charge on any atom is 0.127 e. The summed E-state index contributed by atoms with van der Waals surface area (Å²) >= 11 is 0. The number of aliphatic imine (C=N–C) groups is 2. The minimum absolute atomic E-state index is 0.257. The first-order valence-electron chi connectivity index (χ1n) is 15.7. The van der Waals surface area contributed by atoms with Crippen molar-refractivity contribution in [3.8, 4) is 11.5 Å². The van der Waals surface area contributed by atoms with Gasteiger partial charge in [-0.15, -0.1) is 0 Å². The summed E-state index contributed by atoms with van der Waals surface area (Å²) < 4.78 is 0. The predicted molar refractivity (Wildman–Crippen MR) is 172 cm³/mol. The molecule has 220 valence electrons. The van der Waals surface area contributed by atoms with Crippen LogP contribution in [0, 0.1) is 11.8 Å². The van der Waals surface area contributed by atoms with Gasteiger partial charge in [0, 0.05) is 23.6 Å². The molecular formula is C36H54N2O2. The standard InChI is InChI=1S/C36H54N2O2/c1-23(2)9-11-27-17-29(35(39)33(19-27)25(5)6)21-37-31-13-15-32(16-14-31)38-22-30-18-28(12-10-24(3)4)20-34(26(7)8)36(30)40/h17-26,31-32,39-40H,9-16H2,1-8H3. The molecule has 4 heteroatoms. The van der Waals surface area contributed by atoms with Crippen molar-refractivity contribution in [1.29, 1.82) is 0 Å². The highest BCUT2D eigenvalue weighted by atomic mass is 16.3. The Hall–Kier alpha value is -2.62. The Morgan fingerprint density at radius 1 is 0.625 bits per heavy atom. The predicted octanol–water partition coefficient (Wildman–Crippen LogP) is 9.37. The van der Waals surface area contributed by atoms with E-state index in [2.05, 4.69) is 79.7 Å². The maximum absolute atomic E-state index is 10.9. The maximum atomic E-state index is 10.9. The Bertz CT molecular complexity index is 1060. The van der Waals surface area contributed by atoms with E-state index in [-0.39, 0.29) is 23.9 Å². The molecule has 0 heterocycles. The monoisotopic (exact) mass is 546 g/mol. The topological polar surface area (TPSA) is 65.2 Å². The van der Waals surface area contributed by atoms with Crippen LogP contribution in [-0.4, -0.2) is 34.7 Å². The van der Waals surface area contributed by atoms with Gasteiger partial charge >= 0.3 is 0 Å². The van der Waals surface area contributed by atoms with E-state index in [1.54, 1.807) is 0 Å². The summed E-state index contributed by atoms with van der Waals surface area (Å²) in [6, 6.07) is 9.10. The lowest BCUT2D eigenvalue weighted by molar-refractivity contribution is 0.399. The average Bonchev–Trinajstić information content (AvgIpc) is 2.90. The number of hydrogen-bond acceptors (Lipinski definition) is 4. The van der Waals surface area contributed by atoms with E-state index in [4.69, 9.17) is 9.98 Å². The van der Waals surface area contributed by atoms with Gasteiger partial charge in [0.15, 0.2) is 0 Å². The highest BCUT2D eigenvalue weighted by Gasteiger charge is 2.20. The second-order valence-corrected chi connectivity index (χ2v) is 13.4. The van der Waals surface area contributed by atoms with Crippen molar-refractivity contribution in [2.45, 2.75) is 131 Å². The Morgan fingerprint density at radius 3 is 1.27 bits per heavy atom. The van der Waals surface area contributed by atoms with Gasteiger partial charge in [0.2, 0.25) is 0 Å². The number of phenols is 2. The second-order valence-electron chi connectivity index (χ2n) is 13.4. The fraction of sp³-hybridized carbons (Fsp3) is 0.611. The number of rotatable bonds is 12. The largest absolute Gasteiger partial charge is 0.507 e. The van der Waals surface area contributed by atoms with Gasteiger partial charge in [0.25, 0.3) is 0 Å². The van der Waals surface area contributed by atoms with Crippen LogP contribution in [-0.2, 0) is 12.8 Å². The Kier molecular flexibility index (Phi) is 11.8. The van der Waals surface area contributed by atoms with Crippen molar-refractivity contribution >= 4 is 12.4 Å². The van der Waals surface area contributed by atoms with E-state index < -0.39 is 0 Å². The fourth-order valence-electron chi connectivity index (χ4n) is 5.49. The minimum atomic E-state index is 0.257. The highest BCUT2D eigenvalue weighted by Crippen LogP contribution is 2.33. The molecule has 0 atom stereocenters. The summed E-state index contributed by atoms with van der Waals surface area (Å²) in [4.78, 5) is 9.84. The van der Waals surface area contributed by atoms with Crippen molar-refractivity contribution in [2.75, 3.05) is 0 Å². The first-order valence-corrected chi connectivity index (χ1v) is 15.7. The zero-order valence-electron chi connectivity index (χ0n) is 26.4. The Labute approximate surface area is 244 Å². The van der Waals surface area contributed by atoms with Gasteiger partial charge < -0.3 is 10.2 Å². The third kappa shape index (κ3) is 9.21. The molecule has 1 aliphatic carbocycles. The first-order chi connectivity index (χ1) is 18.9. The van der Waals surface area contributed by atoms with E-state index in [1.165, 1.54) is 11.1 Å². The van der Waals surface area contributed by atoms with Crippen molar-refractivity contribution in [2.24, 2.45) is 21.8 Å². The highest BCUT2D eigenvalue weighted by molar-refractivity contribution is 5.85. The summed E-state index contributed by atoms with van der Waals surface area (Å²) in [5, 5.41) is 21.9.